The normalized spacial score (nSPS) is 13.0. The summed E-state index contributed by atoms with van der Waals surface area (Å²) in [7, 11) is 0. The Morgan fingerprint density at radius 3 is 2.14 bits per heavy atom. The molecular weight excluding hydrogens is 275 g/mol. The minimum Gasteiger partial charge on any atom is -0.378 e. The lowest BCUT2D eigenvalue weighted by atomic mass is 10.0. The molecule has 0 heterocycles. The molecule has 1 atom stereocenters. The van der Waals surface area contributed by atoms with Crippen molar-refractivity contribution in [2.24, 2.45) is 0 Å². The van der Waals surface area contributed by atoms with Crippen molar-refractivity contribution in [2.45, 2.75) is 33.0 Å². The Hall–Kier alpha value is -1.97. The van der Waals surface area contributed by atoms with Gasteiger partial charge in [0.15, 0.2) is 0 Å². The van der Waals surface area contributed by atoms with E-state index < -0.39 is 11.7 Å². The third-order valence-corrected chi connectivity index (χ3v) is 3.51. The van der Waals surface area contributed by atoms with E-state index in [1.54, 1.807) is 6.92 Å². The van der Waals surface area contributed by atoms with Crippen molar-refractivity contribution in [1.82, 2.24) is 0 Å². The second-order valence-electron chi connectivity index (χ2n) is 5.30. The third-order valence-electron chi connectivity index (χ3n) is 3.51. The van der Waals surface area contributed by atoms with E-state index in [-0.39, 0.29) is 6.04 Å². The first kappa shape index (κ1) is 15.4. The number of nitrogens with one attached hydrogen (secondary N) is 1. The molecule has 0 radical (unpaired) electrons. The lowest BCUT2D eigenvalue weighted by molar-refractivity contribution is -0.137. The molecule has 0 saturated heterocycles. The van der Waals surface area contributed by atoms with Crippen LogP contribution in [-0.4, -0.2) is 0 Å². The van der Waals surface area contributed by atoms with Crippen LogP contribution in [0.3, 0.4) is 0 Å². The van der Waals surface area contributed by atoms with Crippen molar-refractivity contribution < 1.29 is 13.2 Å². The zero-order valence-electron chi connectivity index (χ0n) is 12.3. The summed E-state index contributed by atoms with van der Waals surface area (Å²) in [6, 6.07) is 11.7. The van der Waals surface area contributed by atoms with Crippen LogP contribution >= 0.6 is 0 Å². The zero-order chi connectivity index (χ0) is 15.6. The average Bonchev–Trinajstić information content (AvgIpc) is 2.40. The Morgan fingerprint density at radius 1 is 0.952 bits per heavy atom. The average molecular weight is 293 g/mol. The minimum atomic E-state index is -4.32. The number of anilines is 1. The fraction of sp³-hybridized carbons (Fsp3) is 0.294. The van der Waals surface area contributed by atoms with Crippen molar-refractivity contribution >= 4 is 5.69 Å². The van der Waals surface area contributed by atoms with Gasteiger partial charge in [-0.05, 0) is 44.0 Å². The molecule has 0 aliphatic heterocycles. The summed E-state index contributed by atoms with van der Waals surface area (Å²) in [4.78, 5) is 0. The molecule has 0 aromatic heterocycles. The maximum atomic E-state index is 12.8. The molecule has 2 aromatic carbocycles. The van der Waals surface area contributed by atoms with Crippen molar-refractivity contribution in [3.8, 4) is 0 Å². The molecular formula is C17H18F3N. The van der Waals surface area contributed by atoms with E-state index >= 15 is 0 Å². The highest BCUT2D eigenvalue weighted by molar-refractivity contribution is 5.54. The van der Waals surface area contributed by atoms with Gasteiger partial charge < -0.3 is 5.32 Å². The topological polar surface area (TPSA) is 12.0 Å². The van der Waals surface area contributed by atoms with E-state index in [1.807, 2.05) is 38.1 Å². The molecule has 0 bridgehead atoms. The van der Waals surface area contributed by atoms with E-state index in [0.29, 0.717) is 5.69 Å². The smallest absolute Gasteiger partial charge is 0.378 e. The van der Waals surface area contributed by atoms with E-state index in [1.165, 1.54) is 12.1 Å². The predicted molar refractivity (Wildman–Crippen MR) is 79.4 cm³/mol. The molecule has 1 N–H and O–H groups in total. The van der Waals surface area contributed by atoms with Crippen molar-refractivity contribution in [1.29, 1.82) is 0 Å². The van der Waals surface area contributed by atoms with Gasteiger partial charge in [0.25, 0.3) is 0 Å². The summed E-state index contributed by atoms with van der Waals surface area (Å²) in [6.07, 6.45) is -4.32. The number of aryl methyl sites for hydroxylation is 2. The van der Waals surface area contributed by atoms with Gasteiger partial charge >= 0.3 is 6.18 Å². The fourth-order valence-corrected chi connectivity index (χ4v) is 2.13. The molecule has 0 aliphatic rings. The van der Waals surface area contributed by atoms with E-state index in [2.05, 4.69) is 5.32 Å². The predicted octanol–water partition coefficient (Wildman–Crippen LogP) is 5.50. The zero-order valence-corrected chi connectivity index (χ0v) is 12.3. The van der Waals surface area contributed by atoms with Crippen LogP contribution in [0.5, 0.6) is 0 Å². The van der Waals surface area contributed by atoms with Crippen molar-refractivity contribution in [3.05, 3.63) is 64.7 Å². The molecule has 0 fully saturated rings. The van der Waals surface area contributed by atoms with Crippen LogP contribution < -0.4 is 5.32 Å². The maximum absolute atomic E-state index is 12.8. The lowest BCUT2D eigenvalue weighted by Crippen LogP contribution is -2.10. The summed E-state index contributed by atoms with van der Waals surface area (Å²) in [5, 5.41) is 3.16. The molecule has 21 heavy (non-hydrogen) atoms. The fourth-order valence-electron chi connectivity index (χ4n) is 2.13. The monoisotopic (exact) mass is 293 g/mol. The van der Waals surface area contributed by atoms with Crippen LogP contribution in [0.15, 0.2) is 42.5 Å². The van der Waals surface area contributed by atoms with Gasteiger partial charge in [-0.3, -0.25) is 0 Å². The quantitative estimate of drug-likeness (QED) is 0.788. The van der Waals surface area contributed by atoms with Crippen LogP contribution in [0.25, 0.3) is 0 Å². The number of alkyl halides is 3. The first-order valence-electron chi connectivity index (χ1n) is 6.78. The molecule has 4 heteroatoms. The van der Waals surface area contributed by atoms with Crippen LogP contribution in [0.2, 0.25) is 0 Å². The molecule has 0 spiro atoms. The molecule has 2 rings (SSSR count). The van der Waals surface area contributed by atoms with E-state index in [9.17, 15) is 13.2 Å². The Balaban J connectivity index is 2.24. The van der Waals surface area contributed by atoms with Gasteiger partial charge in [-0.2, -0.15) is 13.2 Å². The van der Waals surface area contributed by atoms with Gasteiger partial charge in [-0.25, -0.2) is 0 Å². The van der Waals surface area contributed by atoms with Crippen molar-refractivity contribution in [3.63, 3.8) is 0 Å². The van der Waals surface area contributed by atoms with Gasteiger partial charge in [0.1, 0.15) is 0 Å². The highest BCUT2D eigenvalue weighted by Gasteiger charge is 2.30. The Bertz CT molecular complexity index is 615. The van der Waals surface area contributed by atoms with E-state index in [0.717, 1.165) is 22.8 Å². The highest BCUT2D eigenvalue weighted by Crippen LogP contribution is 2.33. The Kier molecular flexibility index (Phi) is 4.26. The molecule has 112 valence electrons. The summed E-state index contributed by atoms with van der Waals surface area (Å²) < 4.78 is 38.3. The van der Waals surface area contributed by atoms with Gasteiger partial charge in [0.05, 0.1) is 5.56 Å². The summed E-state index contributed by atoms with van der Waals surface area (Å²) in [6.45, 7) is 5.73. The molecule has 1 nitrogen and oxygen atoms in total. The van der Waals surface area contributed by atoms with Gasteiger partial charge in [0, 0.05) is 11.7 Å². The van der Waals surface area contributed by atoms with Gasteiger partial charge in [-0.15, -0.1) is 0 Å². The summed E-state index contributed by atoms with van der Waals surface area (Å²) >= 11 is 0. The third kappa shape index (κ3) is 3.78. The standard InChI is InChI=1S/C17H18F3N/c1-11-4-7-14(8-5-11)13(3)21-16-10-15(17(18,19)20)9-6-12(16)2/h4-10,13,21H,1-3H3. The number of hydrogen-bond donors (Lipinski definition) is 1. The number of halogens is 3. The van der Waals surface area contributed by atoms with Crippen molar-refractivity contribution in [2.75, 3.05) is 5.32 Å². The number of benzene rings is 2. The molecule has 2 aromatic rings. The molecule has 0 amide bonds. The minimum absolute atomic E-state index is 0.0622. The maximum Gasteiger partial charge on any atom is 0.416 e. The first-order valence-corrected chi connectivity index (χ1v) is 6.78. The first-order chi connectivity index (χ1) is 9.77. The second kappa shape index (κ2) is 5.80. The summed E-state index contributed by atoms with van der Waals surface area (Å²) in [5.74, 6) is 0. The molecule has 0 saturated carbocycles. The van der Waals surface area contributed by atoms with Crippen LogP contribution in [0.4, 0.5) is 18.9 Å². The largest absolute Gasteiger partial charge is 0.416 e. The van der Waals surface area contributed by atoms with E-state index in [4.69, 9.17) is 0 Å². The number of hydrogen-bond acceptors (Lipinski definition) is 1. The molecule has 0 aliphatic carbocycles. The highest BCUT2D eigenvalue weighted by atomic mass is 19.4. The Labute approximate surface area is 122 Å². The number of rotatable bonds is 3. The lowest BCUT2D eigenvalue weighted by Gasteiger charge is -2.19. The second-order valence-corrected chi connectivity index (χ2v) is 5.30. The van der Waals surface area contributed by atoms with Crippen LogP contribution in [-0.2, 0) is 6.18 Å². The molecule has 1 unspecified atom stereocenters. The Morgan fingerprint density at radius 2 is 1.57 bits per heavy atom. The summed E-state index contributed by atoms with van der Waals surface area (Å²) in [5.41, 5.74) is 2.87. The van der Waals surface area contributed by atoms with Gasteiger partial charge in [-0.1, -0.05) is 35.9 Å². The van der Waals surface area contributed by atoms with Crippen LogP contribution in [0.1, 0.15) is 35.2 Å². The van der Waals surface area contributed by atoms with Crippen LogP contribution in [0, 0.1) is 13.8 Å². The van der Waals surface area contributed by atoms with Gasteiger partial charge in [0.2, 0.25) is 0 Å². The SMILES string of the molecule is Cc1ccc(C(C)Nc2cc(C(F)(F)F)ccc2C)cc1.